The van der Waals surface area contributed by atoms with Gasteiger partial charge in [-0.15, -0.1) is 11.3 Å². The Hall–Kier alpha value is -1.58. The quantitative estimate of drug-likeness (QED) is 0.559. The lowest BCUT2D eigenvalue weighted by molar-refractivity contribution is 1.50. The molecule has 1 aromatic carbocycles. The standard InChI is InChI=1S/C16H15NS2.C2H6/c1-12-9-10-16(19-12)14(3)18-13(2)11-17-15-7-5-4-6-8-15;1-2/h4-11H,2-3H2,1H3;1-2H3. The van der Waals surface area contributed by atoms with E-state index in [1.807, 2.05) is 44.2 Å². The van der Waals surface area contributed by atoms with Crippen LogP contribution < -0.4 is 0 Å². The van der Waals surface area contributed by atoms with Gasteiger partial charge in [0.15, 0.2) is 0 Å². The van der Waals surface area contributed by atoms with Gasteiger partial charge in [-0.3, -0.25) is 4.99 Å². The Morgan fingerprint density at radius 3 is 2.33 bits per heavy atom. The van der Waals surface area contributed by atoms with Crippen molar-refractivity contribution < 1.29 is 0 Å². The van der Waals surface area contributed by atoms with Gasteiger partial charge in [0.2, 0.25) is 0 Å². The van der Waals surface area contributed by atoms with Crippen LogP contribution in [0.2, 0.25) is 0 Å². The first-order valence-electron chi connectivity index (χ1n) is 6.87. The summed E-state index contributed by atoms with van der Waals surface area (Å²) < 4.78 is 0. The minimum atomic E-state index is 0.889. The number of hydrogen-bond donors (Lipinski definition) is 0. The fourth-order valence-corrected chi connectivity index (χ4v) is 3.05. The second-order valence-corrected chi connectivity index (χ2v) is 6.50. The Morgan fingerprint density at radius 1 is 1.10 bits per heavy atom. The fraction of sp³-hybridized carbons (Fsp3) is 0.167. The zero-order chi connectivity index (χ0) is 15.7. The second kappa shape index (κ2) is 9.37. The van der Waals surface area contributed by atoms with Crippen molar-refractivity contribution in [2.24, 2.45) is 4.99 Å². The molecular weight excluding hydrogens is 294 g/mol. The summed E-state index contributed by atoms with van der Waals surface area (Å²) in [4.78, 5) is 8.76. The lowest BCUT2D eigenvalue weighted by atomic mass is 10.3. The second-order valence-electron chi connectivity index (χ2n) is 4.00. The van der Waals surface area contributed by atoms with Crippen LogP contribution in [0.5, 0.6) is 0 Å². The Kier molecular flexibility index (Phi) is 7.80. The number of aliphatic imine (C=N–C) groups is 1. The van der Waals surface area contributed by atoms with E-state index in [0.29, 0.717) is 0 Å². The van der Waals surface area contributed by atoms with E-state index in [2.05, 4.69) is 37.2 Å². The summed E-state index contributed by atoms with van der Waals surface area (Å²) in [6.07, 6.45) is 1.78. The maximum Gasteiger partial charge on any atom is 0.0630 e. The van der Waals surface area contributed by atoms with E-state index in [1.165, 1.54) is 9.75 Å². The Bertz CT molecular complexity index is 609. The lowest BCUT2D eigenvalue weighted by Crippen LogP contribution is -1.77. The maximum atomic E-state index is 4.38. The van der Waals surface area contributed by atoms with Crippen LogP contribution in [-0.4, -0.2) is 6.21 Å². The fourth-order valence-electron chi connectivity index (χ4n) is 1.48. The molecule has 0 aliphatic heterocycles. The number of benzene rings is 1. The smallest absolute Gasteiger partial charge is 0.0630 e. The normalized spacial score (nSPS) is 10.0. The highest BCUT2D eigenvalue weighted by atomic mass is 32.2. The Labute approximate surface area is 136 Å². The van der Waals surface area contributed by atoms with E-state index >= 15 is 0 Å². The van der Waals surface area contributed by atoms with Gasteiger partial charge in [0.1, 0.15) is 0 Å². The van der Waals surface area contributed by atoms with Crippen molar-refractivity contribution in [2.45, 2.75) is 20.8 Å². The minimum absolute atomic E-state index is 0.889. The van der Waals surface area contributed by atoms with E-state index in [-0.39, 0.29) is 0 Å². The Morgan fingerprint density at radius 2 is 1.76 bits per heavy atom. The first-order chi connectivity index (χ1) is 10.1. The third kappa shape index (κ3) is 6.15. The molecule has 0 saturated carbocycles. The summed E-state index contributed by atoms with van der Waals surface area (Å²) in [6, 6.07) is 14.0. The van der Waals surface area contributed by atoms with Crippen LogP contribution in [0.3, 0.4) is 0 Å². The predicted molar refractivity (Wildman–Crippen MR) is 101 cm³/mol. The molecule has 0 aliphatic carbocycles. The maximum absolute atomic E-state index is 4.38. The summed E-state index contributed by atoms with van der Waals surface area (Å²) in [5.74, 6) is 0. The van der Waals surface area contributed by atoms with Crippen molar-refractivity contribution in [1.29, 1.82) is 0 Å². The topological polar surface area (TPSA) is 12.4 Å². The van der Waals surface area contributed by atoms with Crippen LogP contribution in [0.1, 0.15) is 23.6 Å². The number of aryl methyl sites for hydroxylation is 1. The first kappa shape index (κ1) is 17.5. The van der Waals surface area contributed by atoms with E-state index < -0.39 is 0 Å². The SMILES string of the molecule is C=C(C=Nc1ccccc1)SC(=C)c1ccc(C)s1.CC. The van der Waals surface area contributed by atoms with Gasteiger partial charge >= 0.3 is 0 Å². The van der Waals surface area contributed by atoms with Gasteiger partial charge < -0.3 is 0 Å². The molecule has 0 radical (unpaired) electrons. The number of nitrogens with zero attached hydrogens (tertiary/aromatic N) is 1. The molecule has 1 nitrogen and oxygen atoms in total. The molecule has 0 saturated heterocycles. The van der Waals surface area contributed by atoms with E-state index in [0.717, 1.165) is 15.5 Å². The molecule has 1 aromatic heterocycles. The largest absolute Gasteiger partial charge is 0.256 e. The van der Waals surface area contributed by atoms with Crippen LogP contribution in [0.25, 0.3) is 4.91 Å². The van der Waals surface area contributed by atoms with Crippen molar-refractivity contribution in [3.8, 4) is 0 Å². The van der Waals surface area contributed by atoms with Crippen LogP contribution in [0.15, 0.2) is 65.5 Å². The van der Waals surface area contributed by atoms with E-state index in [4.69, 9.17) is 0 Å². The number of allylic oxidation sites excluding steroid dienone is 1. The van der Waals surface area contributed by atoms with Crippen LogP contribution in [0.4, 0.5) is 5.69 Å². The van der Waals surface area contributed by atoms with Crippen molar-refractivity contribution in [3.63, 3.8) is 0 Å². The Balaban J connectivity index is 0.00000106. The molecule has 1 heterocycles. The average molecular weight is 316 g/mol. The van der Waals surface area contributed by atoms with Crippen molar-refractivity contribution in [3.05, 3.63) is 70.3 Å². The third-order valence-electron chi connectivity index (χ3n) is 2.38. The third-order valence-corrected chi connectivity index (χ3v) is 4.41. The molecule has 2 aromatic rings. The molecule has 0 amide bonds. The van der Waals surface area contributed by atoms with Crippen LogP contribution in [0, 0.1) is 6.92 Å². The molecule has 3 heteroatoms. The highest BCUT2D eigenvalue weighted by Crippen LogP contribution is 2.34. The summed E-state index contributed by atoms with van der Waals surface area (Å²) in [5.41, 5.74) is 0.932. The number of para-hydroxylation sites is 1. The molecule has 21 heavy (non-hydrogen) atoms. The molecule has 0 bridgehead atoms. The molecule has 0 spiro atoms. The van der Waals surface area contributed by atoms with Gasteiger partial charge in [0.25, 0.3) is 0 Å². The number of hydrogen-bond acceptors (Lipinski definition) is 3. The zero-order valence-corrected chi connectivity index (χ0v) is 14.4. The molecule has 0 N–H and O–H groups in total. The summed E-state index contributed by atoms with van der Waals surface area (Å²) in [6.45, 7) is 14.2. The molecule has 0 unspecified atom stereocenters. The van der Waals surface area contributed by atoms with E-state index in [9.17, 15) is 0 Å². The molecular formula is C18H21NS2. The molecule has 0 atom stereocenters. The van der Waals surface area contributed by atoms with Gasteiger partial charge in [-0.2, -0.15) is 0 Å². The number of rotatable bonds is 5. The van der Waals surface area contributed by atoms with E-state index in [1.54, 1.807) is 29.3 Å². The monoisotopic (exact) mass is 315 g/mol. The van der Waals surface area contributed by atoms with Gasteiger partial charge in [0.05, 0.1) is 5.69 Å². The summed E-state index contributed by atoms with van der Waals surface area (Å²) in [7, 11) is 0. The highest BCUT2D eigenvalue weighted by Gasteiger charge is 2.03. The predicted octanol–water partition coefficient (Wildman–Crippen LogP) is 6.70. The van der Waals surface area contributed by atoms with Gasteiger partial charge in [-0.05, 0) is 31.2 Å². The van der Waals surface area contributed by atoms with Gasteiger partial charge in [0, 0.05) is 25.8 Å². The van der Waals surface area contributed by atoms with Gasteiger partial charge in [-0.25, -0.2) is 0 Å². The van der Waals surface area contributed by atoms with Crippen molar-refractivity contribution in [1.82, 2.24) is 0 Å². The zero-order valence-electron chi connectivity index (χ0n) is 12.8. The number of thiophene rings is 1. The van der Waals surface area contributed by atoms with Crippen LogP contribution >= 0.6 is 23.1 Å². The lowest BCUT2D eigenvalue weighted by Gasteiger charge is -2.01. The summed E-state index contributed by atoms with van der Waals surface area (Å²) in [5, 5.41) is 0. The first-order valence-corrected chi connectivity index (χ1v) is 8.50. The van der Waals surface area contributed by atoms with Crippen molar-refractivity contribution >= 4 is 39.9 Å². The molecule has 110 valence electrons. The number of thioether (sulfide) groups is 1. The molecule has 2 rings (SSSR count). The van der Waals surface area contributed by atoms with Crippen molar-refractivity contribution in [2.75, 3.05) is 0 Å². The van der Waals surface area contributed by atoms with Gasteiger partial charge in [-0.1, -0.05) is 57.0 Å². The molecule has 0 aliphatic rings. The average Bonchev–Trinajstić information content (AvgIpc) is 2.95. The molecule has 0 fully saturated rings. The van der Waals surface area contributed by atoms with Crippen LogP contribution in [-0.2, 0) is 0 Å². The highest BCUT2D eigenvalue weighted by molar-refractivity contribution is 8.12. The summed E-state index contributed by atoms with van der Waals surface area (Å²) >= 11 is 3.30. The minimum Gasteiger partial charge on any atom is -0.256 e.